The van der Waals surface area contributed by atoms with Crippen molar-refractivity contribution >= 4 is 19.7 Å². The molecule has 1 aliphatic rings. The maximum Gasteiger partial charge on any atom is 0.232 e. The fraction of sp³-hybridized carbons (Fsp3) is 0.727. The van der Waals surface area contributed by atoms with Gasteiger partial charge in [0, 0.05) is 35.8 Å². The van der Waals surface area contributed by atoms with Crippen LogP contribution in [0.3, 0.4) is 0 Å². The number of nitrogens with zero attached hydrogens (tertiary/aromatic N) is 2. The lowest BCUT2D eigenvalue weighted by Gasteiger charge is -2.16. The highest BCUT2D eigenvalue weighted by molar-refractivity contribution is 8.13. The predicted molar refractivity (Wildman–Crippen MR) is 67.9 cm³/mol. The van der Waals surface area contributed by atoms with Gasteiger partial charge in [-0.05, 0) is 19.3 Å². The van der Waals surface area contributed by atoms with Crippen LogP contribution < -0.4 is 0 Å². The SMILES string of the molecule is CCc1nc2n(c1CCS(=O)(=O)Cl)CCCC2. The van der Waals surface area contributed by atoms with Crippen molar-refractivity contribution in [3.05, 3.63) is 17.2 Å². The van der Waals surface area contributed by atoms with Gasteiger partial charge in [-0.1, -0.05) is 6.92 Å². The summed E-state index contributed by atoms with van der Waals surface area (Å²) < 4.78 is 24.2. The molecule has 0 saturated carbocycles. The van der Waals surface area contributed by atoms with Gasteiger partial charge in [-0.25, -0.2) is 13.4 Å². The Morgan fingerprint density at radius 1 is 1.41 bits per heavy atom. The third kappa shape index (κ3) is 3.01. The summed E-state index contributed by atoms with van der Waals surface area (Å²) in [5, 5.41) is 0. The summed E-state index contributed by atoms with van der Waals surface area (Å²) >= 11 is 0. The Kier molecular flexibility index (Phi) is 3.78. The number of aromatic nitrogens is 2. The Morgan fingerprint density at radius 2 is 2.18 bits per heavy atom. The maximum absolute atomic E-state index is 11.0. The molecule has 4 nitrogen and oxygen atoms in total. The van der Waals surface area contributed by atoms with Crippen molar-refractivity contribution < 1.29 is 8.42 Å². The van der Waals surface area contributed by atoms with E-state index < -0.39 is 9.05 Å². The maximum atomic E-state index is 11.0. The minimum Gasteiger partial charge on any atom is -0.332 e. The molecule has 0 amide bonds. The van der Waals surface area contributed by atoms with Crippen LogP contribution in [0.25, 0.3) is 0 Å². The van der Waals surface area contributed by atoms with Crippen LogP contribution in [-0.4, -0.2) is 23.7 Å². The van der Waals surface area contributed by atoms with E-state index in [2.05, 4.69) is 9.55 Å². The second kappa shape index (κ2) is 4.98. The molecule has 1 aromatic rings. The molecule has 0 N–H and O–H groups in total. The number of fused-ring (bicyclic) bond motifs is 1. The van der Waals surface area contributed by atoms with E-state index >= 15 is 0 Å². The molecule has 0 atom stereocenters. The van der Waals surface area contributed by atoms with Crippen LogP contribution in [0.15, 0.2) is 0 Å². The van der Waals surface area contributed by atoms with Gasteiger partial charge in [0.05, 0.1) is 11.4 Å². The van der Waals surface area contributed by atoms with E-state index in [-0.39, 0.29) is 5.75 Å². The number of rotatable bonds is 4. The van der Waals surface area contributed by atoms with E-state index in [0.29, 0.717) is 6.42 Å². The molecule has 0 bridgehead atoms. The molecule has 2 rings (SSSR count). The second-order valence-corrected chi connectivity index (χ2v) is 7.27. The lowest BCUT2D eigenvalue weighted by molar-refractivity contribution is 0.509. The van der Waals surface area contributed by atoms with Crippen molar-refractivity contribution in [1.29, 1.82) is 0 Å². The highest BCUT2D eigenvalue weighted by atomic mass is 35.7. The summed E-state index contributed by atoms with van der Waals surface area (Å²) in [6.45, 7) is 3.01. The van der Waals surface area contributed by atoms with E-state index in [1.165, 1.54) is 6.42 Å². The van der Waals surface area contributed by atoms with Crippen LogP contribution in [0.4, 0.5) is 0 Å². The standard InChI is InChI=1S/C11H17ClN2O2S/c1-2-9-10(6-8-17(12,15)16)14-7-4-3-5-11(14)13-9/h2-8H2,1H3. The summed E-state index contributed by atoms with van der Waals surface area (Å²) in [5.41, 5.74) is 2.09. The average Bonchev–Trinajstić information content (AvgIpc) is 2.63. The predicted octanol–water partition coefficient (Wildman–Crippen LogP) is 1.89. The van der Waals surface area contributed by atoms with Gasteiger partial charge in [0.15, 0.2) is 0 Å². The Morgan fingerprint density at radius 3 is 2.82 bits per heavy atom. The van der Waals surface area contributed by atoms with Gasteiger partial charge >= 0.3 is 0 Å². The van der Waals surface area contributed by atoms with Crippen LogP contribution in [0.5, 0.6) is 0 Å². The lowest BCUT2D eigenvalue weighted by Crippen LogP contribution is -2.15. The Hall–Kier alpha value is -0.550. The van der Waals surface area contributed by atoms with Crippen molar-refractivity contribution in [2.75, 3.05) is 5.75 Å². The zero-order valence-corrected chi connectivity index (χ0v) is 11.5. The van der Waals surface area contributed by atoms with Crippen LogP contribution in [0.1, 0.15) is 37.0 Å². The highest BCUT2D eigenvalue weighted by Gasteiger charge is 2.19. The topological polar surface area (TPSA) is 52.0 Å². The molecule has 17 heavy (non-hydrogen) atoms. The molecule has 6 heteroatoms. The third-order valence-corrected chi connectivity index (χ3v) is 4.34. The van der Waals surface area contributed by atoms with E-state index in [1.54, 1.807) is 0 Å². The molecule has 0 spiro atoms. The molecular formula is C11H17ClN2O2S. The fourth-order valence-corrected chi connectivity index (χ4v) is 3.05. The molecule has 2 heterocycles. The third-order valence-electron chi connectivity index (χ3n) is 3.18. The molecule has 0 saturated heterocycles. The zero-order valence-electron chi connectivity index (χ0n) is 9.95. The first kappa shape index (κ1) is 12.9. The number of halogens is 1. The van der Waals surface area contributed by atoms with Gasteiger partial charge in [-0.2, -0.15) is 0 Å². The molecule has 0 aromatic carbocycles. The largest absolute Gasteiger partial charge is 0.332 e. The van der Waals surface area contributed by atoms with Crippen LogP contribution >= 0.6 is 10.7 Å². The van der Waals surface area contributed by atoms with Gasteiger partial charge in [0.2, 0.25) is 9.05 Å². The van der Waals surface area contributed by atoms with Crippen molar-refractivity contribution in [1.82, 2.24) is 9.55 Å². The monoisotopic (exact) mass is 276 g/mol. The Labute approximate surface area is 106 Å². The van der Waals surface area contributed by atoms with E-state index in [9.17, 15) is 8.42 Å². The molecule has 0 aliphatic carbocycles. The first-order valence-electron chi connectivity index (χ1n) is 6.00. The minimum absolute atomic E-state index is 0.00725. The van der Waals surface area contributed by atoms with Gasteiger partial charge in [-0.15, -0.1) is 0 Å². The average molecular weight is 277 g/mol. The quantitative estimate of drug-likeness (QED) is 0.789. The number of aryl methyl sites for hydroxylation is 2. The van der Waals surface area contributed by atoms with E-state index in [1.807, 2.05) is 6.92 Å². The summed E-state index contributed by atoms with van der Waals surface area (Å²) in [7, 11) is 1.85. The van der Waals surface area contributed by atoms with Gasteiger partial charge < -0.3 is 4.57 Å². The van der Waals surface area contributed by atoms with Crippen LogP contribution in [0.2, 0.25) is 0 Å². The zero-order chi connectivity index (χ0) is 12.5. The second-order valence-electron chi connectivity index (χ2n) is 4.38. The Balaban J connectivity index is 2.27. The molecule has 96 valence electrons. The van der Waals surface area contributed by atoms with E-state index in [4.69, 9.17) is 10.7 Å². The number of hydrogen-bond donors (Lipinski definition) is 0. The summed E-state index contributed by atoms with van der Waals surface area (Å²) in [6, 6.07) is 0. The van der Waals surface area contributed by atoms with Crippen molar-refractivity contribution in [3.63, 3.8) is 0 Å². The minimum atomic E-state index is -3.42. The molecule has 0 unspecified atom stereocenters. The molecule has 1 aromatic heterocycles. The number of hydrogen-bond acceptors (Lipinski definition) is 3. The first-order chi connectivity index (χ1) is 8.01. The lowest BCUT2D eigenvalue weighted by atomic mass is 10.1. The van der Waals surface area contributed by atoms with Crippen LogP contribution in [-0.2, 0) is 34.9 Å². The van der Waals surface area contributed by atoms with Gasteiger partial charge in [0.1, 0.15) is 5.82 Å². The fourth-order valence-electron chi connectivity index (χ4n) is 2.38. The smallest absolute Gasteiger partial charge is 0.232 e. The first-order valence-corrected chi connectivity index (χ1v) is 8.48. The summed E-state index contributed by atoms with van der Waals surface area (Å²) in [5.74, 6) is 1.10. The highest BCUT2D eigenvalue weighted by Crippen LogP contribution is 2.21. The molecule has 1 aliphatic heterocycles. The summed E-state index contributed by atoms with van der Waals surface area (Å²) in [4.78, 5) is 4.59. The van der Waals surface area contributed by atoms with Crippen molar-refractivity contribution in [2.24, 2.45) is 0 Å². The molecular weight excluding hydrogens is 260 g/mol. The van der Waals surface area contributed by atoms with Gasteiger partial charge in [0.25, 0.3) is 0 Å². The van der Waals surface area contributed by atoms with E-state index in [0.717, 1.165) is 43.0 Å². The van der Waals surface area contributed by atoms with Crippen molar-refractivity contribution in [3.8, 4) is 0 Å². The van der Waals surface area contributed by atoms with Gasteiger partial charge in [-0.3, -0.25) is 0 Å². The Bertz CT molecular complexity index is 508. The normalized spacial score (nSPS) is 15.9. The summed E-state index contributed by atoms with van der Waals surface area (Å²) in [6.07, 6.45) is 4.64. The number of imidazole rings is 1. The molecule has 0 radical (unpaired) electrons. The van der Waals surface area contributed by atoms with Crippen LogP contribution in [0, 0.1) is 0 Å². The van der Waals surface area contributed by atoms with Crippen molar-refractivity contribution in [2.45, 2.75) is 45.6 Å². The molecule has 0 fully saturated rings.